The van der Waals surface area contributed by atoms with Gasteiger partial charge in [0.05, 0.1) is 22.4 Å². The summed E-state index contributed by atoms with van der Waals surface area (Å²) in [4.78, 5) is 13.4. The number of hydrogen-bond donors (Lipinski definition) is 1. The summed E-state index contributed by atoms with van der Waals surface area (Å²) in [7, 11) is 0. The zero-order valence-electron chi connectivity index (χ0n) is 11.3. The van der Waals surface area contributed by atoms with Crippen LogP contribution >= 0.6 is 11.6 Å². The highest BCUT2D eigenvalue weighted by Crippen LogP contribution is 2.32. The van der Waals surface area contributed by atoms with E-state index >= 15 is 0 Å². The smallest absolute Gasteiger partial charge is 0.339 e. The number of hydrogen-bond acceptors (Lipinski definition) is 3. The Morgan fingerprint density at radius 1 is 1.53 bits per heavy atom. The Hall–Kier alpha value is -1.26. The van der Waals surface area contributed by atoms with Crippen LogP contribution < -0.4 is 4.90 Å². The second-order valence-electron chi connectivity index (χ2n) is 5.51. The predicted octanol–water partition coefficient (Wildman–Crippen LogP) is 3.04. The number of halogens is 1. The van der Waals surface area contributed by atoms with Crippen molar-refractivity contribution >= 4 is 23.3 Å². The van der Waals surface area contributed by atoms with Crippen LogP contribution in [-0.2, 0) is 4.74 Å². The number of nitrogens with zero attached hydrogens (tertiary/aromatic N) is 1. The van der Waals surface area contributed by atoms with Gasteiger partial charge in [-0.05, 0) is 32.9 Å². The Balaban J connectivity index is 2.41. The molecule has 0 bridgehead atoms. The van der Waals surface area contributed by atoms with Gasteiger partial charge in [0.25, 0.3) is 0 Å². The third-order valence-electron chi connectivity index (χ3n) is 3.12. The first-order valence-corrected chi connectivity index (χ1v) is 6.62. The topological polar surface area (TPSA) is 49.8 Å². The Kier molecular flexibility index (Phi) is 3.74. The van der Waals surface area contributed by atoms with Crippen LogP contribution in [0.2, 0.25) is 5.02 Å². The zero-order chi connectivity index (χ0) is 14.2. The summed E-state index contributed by atoms with van der Waals surface area (Å²) >= 11 is 6.01. The van der Waals surface area contributed by atoms with Crippen LogP contribution in [0.3, 0.4) is 0 Å². The van der Waals surface area contributed by atoms with Crippen molar-refractivity contribution < 1.29 is 14.6 Å². The molecule has 0 aliphatic carbocycles. The van der Waals surface area contributed by atoms with Gasteiger partial charge in [-0.3, -0.25) is 0 Å². The first-order valence-electron chi connectivity index (χ1n) is 6.25. The van der Waals surface area contributed by atoms with E-state index in [1.807, 2.05) is 25.7 Å². The van der Waals surface area contributed by atoms with Gasteiger partial charge >= 0.3 is 5.97 Å². The molecule has 1 heterocycles. The molecule has 1 atom stereocenters. The second-order valence-corrected chi connectivity index (χ2v) is 5.91. The number of morpholine rings is 1. The van der Waals surface area contributed by atoms with Crippen LogP contribution in [0.1, 0.15) is 31.1 Å². The number of carboxylic acids is 1. The van der Waals surface area contributed by atoms with Crippen LogP contribution in [-0.4, -0.2) is 35.9 Å². The molecule has 4 nitrogen and oxygen atoms in total. The lowest BCUT2D eigenvalue weighted by atomic mass is 10.0. The molecule has 1 aliphatic rings. The maximum Gasteiger partial charge on any atom is 0.339 e. The lowest BCUT2D eigenvalue weighted by molar-refractivity contribution is -0.0750. The average molecular weight is 284 g/mol. The minimum atomic E-state index is -1.00. The third-order valence-corrected chi connectivity index (χ3v) is 3.43. The molecule has 0 aromatic heterocycles. The van der Waals surface area contributed by atoms with Crippen molar-refractivity contribution in [2.75, 3.05) is 18.0 Å². The van der Waals surface area contributed by atoms with Gasteiger partial charge in [-0.1, -0.05) is 17.7 Å². The monoisotopic (exact) mass is 283 g/mol. The standard InChI is InChI=1S/C14H18ClNO3/c1-9-7-16(8-14(2,3)19-9)11-6-4-5-10(15)12(11)13(17)18/h4-6,9H,7-8H2,1-3H3,(H,17,18). The molecule has 1 saturated heterocycles. The van der Waals surface area contributed by atoms with Gasteiger partial charge in [0, 0.05) is 13.1 Å². The van der Waals surface area contributed by atoms with Crippen LogP contribution in [0.4, 0.5) is 5.69 Å². The van der Waals surface area contributed by atoms with E-state index < -0.39 is 5.97 Å². The molecule has 2 rings (SSSR count). The molecule has 5 heteroatoms. The molecule has 0 spiro atoms. The van der Waals surface area contributed by atoms with Crippen LogP contribution in [0.25, 0.3) is 0 Å². The number of rotatable bonds is 2. The molecule has 1 aliphatic heterocycles. The van der Waals surface area contributed by atoms with Gasteiger partial charge in [-0.15, -0.1) is 0 Å². The minimum Gasteiger partial charge on any atom is -0.478 e. The molecule has 0 amide bonds. The molecular formula is C14H18ClNO3. The SMILES string of the molecule is CC1CN(c2cccc(Cl)c2C(=O)O)CC(C)(C)O1. The van der Waals surface area contributed by atoms with E-state index in [1.54, 1.807) is 18.2 Å². The number of ether oxygens (including phenoxy) is 1. The van der Waals surface area contributed by atoms with Crippen molar-refractivity contribution in [1.29, 1.82) is 0 Å². The lowest BCUT2D eigenvalue weighted by Gasteiger charge is -2.43. The summed E-state index contributed by atoms with van der Waals surface area (Å²) < 4.78 is 5.83. The normalized spacial score (nSPS) is 22.3. The molecule has 0 saturated carbocycles. The van der Waals surface area contributed by atoms with Crippen molar-refractivity contribution in [2.45, 2.75) is 32.5 Å². The van der Waals surface area contributed by atoms with E-state index in [0.29, 0.717) is 18.8 Å². The Morgan fingerprint density at radius 2 is 2.21 bits per heavy atom. The summed E-state index contributed by atoms with van der Waals surface area (Å²) in [6.07, 6.45) is 0.0457. The summed E-state index contributed by atoms with van der Waals surface area (Å²) in [5.41, 5.74) is 0.507. The highest BCUT2D eigenvalue weighted by molar-refractivity contribution is 6.34. The predicted molar refractivity (Wildman–Crippen MR) is 75.3 cm³/mol. The number of anilines is 1. The number of carbonyl (C=O) groups is 1. The van der Waals surface area contributed by atoms with Gasteiger partial charge in [-0.2, -0.15) is 0 Å². The molecule has 1 unspecified atom stereocenters. The molecule has 1 fully saturated rings. The van der Waals surface area contributed by atoms with Gasteiger partial charge in [0.1, 0.15) is 5.56 Å². The van der Waals surface area contributed by atoms with E-state index in [1.165, 1.54) is 0 Å². The fraction of sp³-hybridized carbons (Fsp3) is 0.500. The second kappa shape index (κ2) is 5.02. The quantitative estimate of drug-likeness (QED) is 0.906. The Morgan fingerprint density at radius 3 is 2.79 bits per heavy atom. The molecular weight excluding hydrogens is 266 g/mol. The van der Waals surface area contributed by atoms with Crippen molar-refractivity contribution in [2.24, 2.45) is 0 Å². The van der Waals surface area contributed by atoms with Crippen molar-refractivity contribution in [3.8, 4) is 0 Å². The first kappa shape index (κ1) is 14.2. The summed E-state index contributed by atoms with van der Waals surface area (Å²) in [5.74, 6) is -1.00. The van der Waals surface area contributed by atoms with E-state index in [9.17, 15) is 9.90 Å². The number of benzene rings is 1. The zero-order valence-corrected chi connectivity index (χ0v) is 12.1. The summed E-state index contributed by atoms with van der Waals surface area (Å²) in [5, 5.41) is 9.60. The van der Waals surface area contributed by atoms with Gasteiger partial charge in [-0.25, -0.2) is 4.79 Å². The van der Waals surface area contributed by atoms with Gasteiger partial charge < -0.3 is 14.7 Å². The fourth-order valence-electron chi connectivity index (χ4n) is 2.63. The van der Waals surface area contributed by atoms with Crippen molar-refractivity contribution in [1.82, 2.24) is 0 Å². The van der Waals surface area contributed by atoms with Crippen molar-refractivity contribution in [3.63, 3.8) is 0 Å². The highest BCUT2D eigenvalue weighted by atomic mass is 35.5. The van der Waals surface area contributed by atoms with E-state index in [2.05, 4.69) is 0 Å². The average Bonchev–Trinajstić information content (AvgIpc) is 2.25. The van der Waals surface area contributed by atoms with E-state index in [4.69, 9.17) is 16.3 Å². The number of aromatic carboxylic acids is 1. The maximum atomic E-state index is 11.4. The van der Waals surface area contributed by atoms with E-state index in [-0.39, 0.29) is 22.3 Å². The lowest BCUT2D eigenvalue weighted by Crippen LogP contribution is -2.52. The molecule has 0 radical (unpaired) electrons. The number of carboxylic acid groups (broad SMARTS) is 1. The summed E-state index contributed by atoms with van der Waals surface area (Å²) in [6, 6.07) is 5.17. The first-order chi connectivity index (χ1) is 8.80. The Labute approximate surface area is 117 Å². The van der Waals surface area contributed by atoms with Crippen LogP contribution in [0, 0.1) is 0 Å². The third kappa shape index (κ3) is 3.01. The van der Waals surface area contributed by atoms with E-state index in [0.717, 1.165) is 0 Å². The molecule has 1 aromatic carbocycles. The van der Waals surface area contributed by atoms with Crippen molar-refractivity contribution in [3.05, 3.63) is 28.8 Å². The van der Waals surface area contributed by atoms with Gasteiger partial charge in [0.2, 0.25) is 0 Å². The maximum absolute atomic E-state index is 11.4. The van der Waals surface area contributed by atoms with Crippen LogP contribution in [0.5, 0.6) is 0 Å². The van der Waals surface area contributed by atoms with Crippen LogP contribution in [0.15, 0.2) is 18.2 Å². The largest absolute Gasteiger partial charge is 0.478 e. The highest BCUT2D eigenvalue weighted by Gasteiger charge is 2.33. The molecule has 104 valence electrons. The van der Waals surface area contributed by atoms with Gasteiger partial charge in [0.15, 0.2) is 0 Å². The molecule has 1 N–H and O–H groups in total. The fourth-order valence-corrected chi connectivity index (χ4v) is 2.88. The minimum absolute atomic E-state index is 0.0457. The molecule has 19 heavy (non-hydrogen) atoms. The summed E-state index contributed by atoms with van der Waals surface area (Å²) in [6.45, 7) is 7.28. The molecule has 1 aromatic rings. The Bertz CT molecular complexity index is 501.